The fourth-order valence-electron chi connectivity index (χ4n) is 1.42. The highest BCUT2D eigenvalue weighted by atomic mass is 17.3. The second-order valence-electron chi connectivity index (χ2n) is 4.46. The van der Waals surface area contributed by atoms with Crippen molar-refractivity contribution in [1.82, 2.24) is 0 Å². The minimum atomic E-state index is -1.18. The molecule has 0 bridgehead atoms. The maximum Gasteiger partial charge on any atom is 0.374 e. The summed E-state index contributed by atoms with van der Waals surface area (Å²) in [5.74, 6) is -0.882. The lowest BCUT2D eigenvalue weighted by Crippen LogP contribution is -2.19. The van der Waals surface area contributed by atoms with Gasteiger partial charge in [0.15, 0.2) is 0 Å². The van der Waals surface area contributed by atoms with Crippen molar-refractivity contribution in [2.24, 2.45) is 0 Å². The van der Waals surface area contributed by atoms with Crippen LogP contribution in [0.4, 0.5) is 0 Å². The lowest BCUT2D eigenvalue weighted by molar-refractivity contribution is -0.839. The van der Waals surface area contributed by atoms with Crippen LogP contribution in [0.5, 0.6) is 0 Å². The summed E-state index contributed by atoms with van der Waals surface area (Å²) in [5.41, 5.74) is 0.711. The second kappa shape index (κ2) is 4.82. The third kappa shape index (κ3) is 3.44. The summed E-state index contributed by atoms with van der Waals surface area (Å²) in [7, 11) is 0. The third-order valence-corrected chi connectivity index (χ3v) is 2.13. The molecule has 0 aliphatic rings. The highest BCUT2D eigenvalue weighted by molar-refractivity contribution is 5.91. The number of hydrogen-bond donors (Lipinski definition) is 0. The van der Waals surface area contributed by atoms with Gasteiger partial charge in [0.1, 0.15) is 0 Å². The standard InChI is InChI=1S/C11H13NO5/c1-11(2,3)9-7-5-4-6-8(9)10(13)16-17-12(14)15/h4-7H,1-3H3. The molecule has 0 aliphatic heterocycles. The van der Waals surface area contributed by atoms with E-state index in [1.54, 1.807) is 18.2 Å². The van der Waals surface area contributed by atoms with Gasteiger partial charge in [-0.2, -0.15) is 0 Å². The van der Waals surface area contributed by atoms with E-state index in [1.165, 1.54) is 6.07 Å². The average Bonchev–Trinajstić information content (AvgIpc) is 2.24. The van der Waals surface area contributed by atoms with Crippen LogP contribution in [0.25, 0.3) is 0 Å². The van der Waals surface area contributed by atoms with Gasteiger partial charge in [-0.25, -0.2) is 4.79 Å². The third-order valence-electron chi connectivity index (χ3n) is 2.13. The highest BCUT2D eigenvalue weighted by Gasteiger charge is 2.23. The van der Waals surface area contributed by atoms with Crippen LogP contribution in [0.1, 0.15) is 36.7 Å². The molecule has 1 rings (SSSR count). The molecule has 17 heavy (non-hydrogen) atoms. The first-order valence-corrected chi connectivity index (χ1v) is 4.95. The zero-order chi connectivity index (χ0) is 13.1. The predicted molar refractivity (Wildman–Crippen MR) is 58.6 cm³/mol. The first-order valence-electron chi connectivity index (χ1n) is 4.95. The number of hydrogen-bond acceptors (Lipinski definition) is 5. The van der Waals surface area contributed by atoms with Crippen LogP contribution in [0, 0.1) is 10.1 Å². The Morgan fingerprint density at radius 2 is 1.88 bits per heavy atom. The van der Waals surface area contributed by atoms with E-state index in [0.29, 0.717) is 0 Å². The van der Waals surface area contributed by atoms with E-state index in [1.807, 2.05) is 20.8 Å². The molecule has 1 aromatic rings. The molecule has 0 spiro atoms. The van der Waals surface area contributed by atoms with Gasteiger partial charge in [-0.05, 0) is 17.0 Å². The molecule has 92 valence electrons. The molecule has 0 heterocycles. The summed E-state index contributed by atoms with van der Waals surface area (Å²) < 4.78 is 0. The number of carbonyl (C=O) groups is 1. The molecule has 0 radical (unpaired) electrons. The van der Waals surface area contributed by atoms with E-state index in [2.05, 4.69) is 9.88 Å². The molecular formula is C11H13NO5. The largest absolute Gasteiger partial charge is 0.374 e. The van der Waals surface area contributed by atoms with E-state index in [4.69, 9.17) is 0 Å². The topological polar surface area (TPSA) is 78.7 Å². The SMILES string of the molecule is CC(C)(C)c1ccccc1C(=O)OO[N+](=O)[O-]. The zero-order valence-corrected chi connectivity index (χ0v) is 9.80. The maximum atomic E-state index is 11.6. The monoisotopic (exact) mass is 239 g/mol. The van der Waals surface area contributed by atoms with Gasteiger partial charge in [-0.15, -0.1) is 10.1 Å². The van der Waals surface area contributed by atoms with E-state index >= 15 is 0 Å². The van der Waals surface area contributed by atoms with Gasteiger partial charge in [0.05, 0.1) is 5.56 Å². The quantitative estimate of drug-likeness (QED) is 0.459. The Hall–Kier alpha value is -2.11. The molecule has 0 saturated heterocycles. The molecule has 1 aromatic carbocycles. The molecule has 0 aliphatic carbocycles. The van der Waals surface area contributed by atoms with Gasteiger partial charge >= 0.3 is 11.1 Å². The molecule has 0 aromatic heterocycles. The highest BCUT2D eigenvalue weighted by Crippen LogP contribution is 2.26. The summed E-state index contributed by atoms with van der Waals surface area (Å²) in [4.78, 5) is 29.2. The zero-order valence-electron chi connectivity index (χ0n) is 9.80. The summed E-state index contributed by atoms with van der Waals surface area (Å²) in [6.45, 7) is 5.77. The molecule has 6 nitrogen and oxygen atoms in total. The van der Waals surface area contributed by atoms with Crippen molar-refractivity contribution in [1.29, 1.82) is 0 Å². The fraction of sp³-hybridized carbons (Fsp3) is 0.364. The van der Waals surface area contributed by atoms with E-state index in [9.17, 15) is 14.9 Å². The first-order chi connectivity index (χ1) is 7.82. The number of benzene rings is 1. The lowest BCUT2D eigenvalue weighted by Gasteiger charge is -2.21. The first kappa shape index (κ1) is 13.0. The van der Waals surface area contributed by atoms with Crippen LogP contribution in [0.2, 0.25) is 0 Å². The second-order valence-corrected chi connectivity index (χ2v) is 4.46. The molecule has 0 saturated carbocycles. The van der Waals surface area contributed by atoms with Crippen LogP contribution in [0.3, 0.4) is 0 Å². The minimum absolute atomic E-state index is 0.252. The fourth-order valence-corrected chi connectivity index (χ4v) is 1.42. The normalized spacial score (nSPS) is 10.8. The van der Waals surface area contributed by atoms with Gasteiger partial charge in [-0.1, -0.05) is 44.0 Å². The van der Waals surface area contributed by atoms with Crippen molar-refractivity contribution in [3.05, 3.63) is 45.5 Å². The van der Waals surface area contributed by atoms with Gasteiger partial charge in [-0.3, -0.25) is 4.89 Å². The summed E-state index contributed by atoms with van der Waals surface area (Å²) in [5, 5.41) is 8.74. The molecule has 0 amide bonds. The van der Waals surface area contributed by atoms with Gasteiger partial charge in [0.25, 0.3) is 0 Å². The van der Waals surface area contributed by atoms with E-state index < -0.39 is 11.1 Å². The smallest absolute Gasteiger partial charge is 0.255 e. The van der Waals surface area contributed by atoms with Gasteiger partial charge < -0.3 is 0 Å². The van der Waals surface area contributed by atoms with Gasteiger partial charge in [0, 0.05) is 0 Å². The Balaban J connectivity index is 2.98. The Bertz CT molecular complexity index is 436. The average molecular weight is 239 g/mol. The summed E-state index contributed by atoms with van der Waals surface area (Å²) in [6.07, 6.45) is 0. The number of rotatable bonds is 3. The van der Waals surface area contributed by atoms with Crippen molar-refractivity contribution in [3.8, 4) is 0 Å². The minimum Gasteiger partial charge on any atom is -0.255 e. The maximum absolute atomic E-state index is 11.6. The van der Waals surface area contributed by atoms with E-state index in [-0.39, 0.29) is 11.0 Å². The predicted octanol–water partition coefficient (Wildman–Crippen LogP) is 2.26. The van der Waals surface area contributed by atoms with Crippen LogP contribution in [-0.2, 0) is 15.3 Å². The Labute approximate surface area is 98.2 Å². The van der Waals surface area contributed by atoms with Crippen molar-refractivity contribution in [2.75, 3.05) is 0 Å². The summed E-state index contributed by atoms with van der Waals surface area (Å²) >= 11 is 0. The molecule has 0 N–H and O–H groups in total. The van der Waals surface area contributed by atoms with Crippen LogP contribution >= 0.6 is 0 Å². The number of nitrogens with zero attached hydrogens (tertiary/aromatic N) is 1. The molecule has 0 unspecified atom stereocenters. The Morgan fingerprint density at radius 1 is 1.29 bits per heavy atom. The number of carbonyl (C=O) groups excluding carboxylic acids is 1. The van der Waals surface area contributed by atoms with E-state index in [0.717, 1.165) is 5.56 Å². The Kier molecular flexibility index (Phi) is 3.67. The molecule has 0 atom stereocenters. The molecular weight excluding hydrogens is 226 g/mol. The van der Waals surface area contributed by atoms with Crippen molar-refractivity contribution in [2.45, 2.75) is 26.2 Å². The molecule has 6 heteroatoms. The van der Waals surface area contributed by atoms with Crippen molar-refractivity contribution < 1.29 is 19.8 Å². The van der Waals surface area contributed by atoms with Crippen molar-refractivity contribution in [3.63, 3.8) is 0 Å². The Morgan fingerprint density at radius 3 is 2.41 bits per heavy atom. The van der Waals surface area contributed by atoms with Gasteiger partial charge in [0.2, 0.25) is 0 Å². The van der Waals surface area contributed by atoms with Crippen LogP contribution < -0.4 is 0 Å². The van der Waals surface area contributed by atoms with Crippen molar-refractivity contribution >= 4 is 5.97 Å². The lowest BCUT2D eigenvalue weighted by atomic mass is 9.84. The van der Waals surface area contributed by atoms with Crippen LogP contribution in [0.15, 0.2) is 24.3 Å². The summed E-state index contributed by atoms with van der Waals surface area (Å²) in [6, 6.07) is 6.73. The molecule has 0 fully saturated rings. The van der Waals surface area contributed by atoms with Crippen LogP contribution in [-0.4, -0.2) is 11.1 Å².